The minimum atomic E-state index is -0.160. The molecular formula is C17H27FN2. The predicted octanol–water partition coefficient (Wildman–Crippen LogP) is 4.25. The first-order valence-corrected chi connectivity index (χ1v) is 7.58. The van der Waals surface area contributed by atoms with Crippen molar-refractivity contribution < 1.29 is 4.39 Å². The molecule has 20 heavy (non-hydrogen) atoms. The Balaban J connectivity index is 2.12. The zero-order valence-corrected chi connectivity index (χ0v) is 13.1. The van der Waals surface area contributed by atoms with Crippen molar-refractivity contribution in [3.05, 3.63) is 29.6 Å². The molecule has 0 saturated heterocycles. The molecule has 1 unspecified atom stereocenters. The van der Waals surface area contributed by atoms with Gasteiger partial charge in [0, 0.05) is 19.1 Å². The summed E-state index contributed by atoms with van der Waals surface area (Å²) >= 11 is 0. The Kier molecular flexibility index (Phi) is 4.38. The van der Waals surface area contributed by atoms with Crippen LogP contribution in [0.3, 0.4) is 0 Å². The summed E-state index contributed by atoms with van der Waals surface area (Å²) in [6.07, 6.45) is 4.69. The second kappa shape index (κ2) is 5.72. The highest BCUT2D eigenvalue weighted by atomic mass is 19.1. The highest BCUT2D eigenvalue weighted by molar-refractivity contribution is 5.50. The van der Waals surface area contributed by atoms with E-state index in [1.165, 1.54) is 12.8 Å². The fourth-order valence-corrected chi connectivity index (χ4v) is 3.06. The van der Waals surface area contributed by atoms with Crippen molar-refractivity contribution in [3.63, 3.8) is 0 Å². The van der Waals surface area contributed by atoms with Crippen molar-refractivity contribution in [2.24, 2.45) is 11.1 Å². The summed E-state index contributed by atoms with van der Waals surface area (Å²) < 4.78 is 14.3. The smallest absolute Gasteiger partial charge is 0.146 e. The number of anilines is 1. The predicted molar refractivity (Wildman–Crippen MR) is 83.4 cm³/mol. The molecule has 1 aromatic rings. The van der Waals surface area contributed by atoms with Crippen molar-refractivity contribution in [2.45, 2.75) is 58.5 Å². The Morgan fingerprint density at radius 1 is 1.30 bits per heavy atom. The van der Waals surface area contributed by atoms with E-state index in [2.05, 4.69) is 18.7 Å². The quantitative estimate of drug-likeness (QED) is 0.895. The molecule has 2 nitrogen and oxygen atoms in total. The zero-order chi connectivity index (χ0) is 14.9. The molecule has 0 heterocycles. The molecule has 1 aromatic carbocycles. The molecule has 3 heteroatoms. The van der Waals surface area contributed by atoms with Crippen LogP contribution in [0.5, 0.6) is 0 Å². The van der Waals surface area contributed by atoms with Gasteiger partial charge < -0.3 is 10.6 Å². The molecule has 1 fully saturated rings. The normalized spacial score (nSPS) is 20.7. The average Bonchev–Trinajstić information content (AvgIpc) is 2.37. The Bertz CT molecular complexity index is 458. The van der Waals surface area contributed by atoms with Crippen LogP contribution in [0.4, 0.5) is 10.1 Å². The van der Waals surface area contributed by atoms with Gasteiger partial charge in [0.05, 0.1) is 5.69 Å². The molecule has 1 saturated carbocycles. The lowest BCUT2D eigenvalue weighted by atomic mass is 9.75. The molecule has 0 radical (unpaired) electrons. The summed E-state index contributed by atoms with van der Waals surface area (Å²) in [5.41, 5.74) is 7.79. The van der Waals surface area contributed by atoms with Gasteiger partial charge in [-0.1, -0.05) is 19.9 Å². The van der Waals surface area contributed by atoms with Gasteiger partial charge in [0.1, 0.15) is 5.82 Å². The molecule has 2 N–H and O–H groups in total. The van der Waals surface area contributed by atoms with Gasteiger partial charge in [0.25, 0.3) is 0 Å². The number of nitrogens with two attached hydrogens (primary N) is 1. The lowest BCUT2D eigenvalue weighted by Gasteiger charge is -2.39. The second-order valence-corrected chi connectivity index (χ2v) is 7.01. The summed E-state index contributed by atoms with van der Waals surface area (Å²) in [7, 11) is 2.01. The molecule has 0 aliphatic heterocycles. The molecule has 1 aliphatic carbocycles. The van der Waals surface area contributed by atoms with E-state index < -0.39 is 0 Å². The largest absolute Gasteiger partial charge is 0.369 e. The van der Waals surface area contributed by atoms with Crippen LogP contribution < -0.4 is 10.6 Å². The third kappa shape index (κ3) is 3.32. The first kappa shape index (κ1) is 15.3. The van der Waals surface area contributed by atoms with Crippen LogP contribution in [-0.2, 0) is 0 Å². The Hall–Kier alpha value is -1.09. The van der Waals surface area contributed by atoms with Gasteiger partial charge >= 0.3 is 0 Å². The number of rotatable bonds is 3. The topological polar surface area (TPSA) is 29.3 Å². The molecule has 0 aromatic heterocycles. The molecule has 1 aliphatic rings. The van der Waals surface area contributed by atoms with Gasteiger partial charge in [-0.15, -0.1) is 0 Å². The van der Waals surface area contributed by atoms with Gasteiger partial charge in [-0.25, -0.2) is 4.39 Å². The lowest BCUT2D eigenvalue weighted by Crippen LogP contribution is -2.37. The summed E-state index contributed by atoms with van der Waals surface area (Å²) in [4.78, 5) is 2.11. The standard InChI is InChI=1S/C17H27FN2/c1-12(19)13-5-6-16(15(18)11-13)20(4)14-7-9-17(2,3)10-8-14/h5-6,11-12,14H,7-10,19H2,1-4H3. The lowest BCUT2D eigenvalue weighted by molar-refractivity contribution is 0.222. The van der Waals surface area contributed by atoms with Gasteiger partial charge in [0.2, 0.25) is 0 Å². The van der Waals surface area contributed by atoms with Crippen molar-refractivity contribution in [3.8, 4) is 0 Å². The van der Waals surface area contributed by atoms with Crippen molar-refractivity contribution in [1.29, 1.82) is 0 Å². The van der Waals surface area contributed by atoms with Crippen LogP contribution in [0.25, 0.3) is 0 Å². The van der Waals surface area contributed by atoms with E-state index in [1.807, 2.05) is 26.1 Å². The molecular weight excluding hydrogens is 251 g/mol. The highest BCUT2D eigenvalue weighted by Gasteiger charge is 2.29. The maximum atomic E-state index is 14.3. The maximum absolute atomic E-state index is 14.3. The summed E-state index contributed by atoms with van der Waals surface area (Å²) in [6, 6.07) is 5.70. The Morgan fingerprint density at radius 2 is 1.90 bits per heavy atom. The monoisotopic (exact) mass is 278 g/mol. The number of halogens is 1. The van der Waals surface area contributed by atoms with Crippen molar-refractivity contribution >= 4 is 5.69 Å². The maximum Gasteiger partial charge on any atom is 0.146 e. The van der Waals surface area contributed by atoms with Gasteiger partial charge in [-0.05, 0) is 55.7 Å². The van der Waals surface area contributed by atoms with Crippen LogP contribution in [0.2, 0.25) is 0 Å². The van der Waals surface area contributed by atoms with E-state index >= 15 is 0 Å². The molecule has 0 spiro atoms. The third-order valence-corrected chi connectivity index (χ3v) is 4.73. The van der Waals surface area contributed by atoms with Crippen LogP contribution in [0.15, 0.2) is 18.2 Å². The molecule has 0 amide bonds. The van der Waals surface area contributed by atoms with Crippen LogP contribution in [-0.4, -0.2) is 13.1 Å². The number of nitrogens with zero attached hydrogens (tertiary/aromatic N) is 1. The molecule has 1 atom stereocenters. The van der Waals surface area contributed by atoms with Crippen LogP contribution in [0.1, 0.15) is 58.1 Å². The van der Waals surface area contributed by atoms with E-state index in [4.69, 9.17) is 5.73 Å². The second-order valence-electron chi connectivity index (χ2n) is 7.01. The van der Waals surface area contributed by atoms with Crippen molar-refractivity contribution in [1.82, 2.24) is 0 Å². The first-order valence-electron chi connectivity index (χ1n) is 7.58. The fraction of sp³-hybridized carbons (Fsp3) is 0.647. The van der Waals surface area contributed by atoms with Crippen molar-refractivity contribution in [2.75, 3.05) is 11.9 Å². The summed E-state index contributed by atoms with van der Waals surface area (Å²) in [5.74, 6) is -0.160. The number of benzene rings is 1. The van der Waals surface area contributed by atoms with Crippen LogP contribution in [0, 0.1) is 11.2 Å². The molecule has 0 bridgehead atoms. The Labute approximate surface area is 122 Å². The van der Waals surface area contributed by atoms with E-state index in [-0.39, 0.29) is 11.9 Å². The SMILES string of the molecule is CC(N)c1ccc(N(C)C2CCC(C)(C)CC2)c(F)c1. The van der Waals surface area contributed by atoms with E-state index in [0.717, 1.165) is 18.4 Å². The van der Waals surface area contributed by atoms with Crippen LogP contribution >= 0.6 is 0 Å². The van der Waals surface area contributed by atoms with E-state index in [0.29, 0.717) is 17.1 Å². The minimum absolute atomic E-state index is 0.126. The van der Waals surface area contributed by atoms with Gasteiger partial charge in [0.15, 0.2) is 0 Å². The Morgan fingerprint density at radius 3 is 2.40 bits per heavy atom. The first-order chi connectivity index (χ1) is 9.30. The van der Waals surface area contributed by atoms with Gasteiger partial charge in [-0.3, -0.25) is 0 Å². The van der Waals surface area contributed by atoms with E-state index in [9.17, 15) is 4.39 Å². The fourth-order valence-electron chi connectivity index (χ4n) is 3.06. The number of hydrogen-bond donors (Lipinski definition) is 1. The highest BCUT2D eigenvalue weighted by Crippen LogP contribution is 2.38. The summed E-state index contributed by atoms with van der Waals surface area (Å²) in [5, 5.41) is 0. The zero-order valence-electron chi connectivity index (χ0n) is 13.1. The van der Waals surface area contributed by atoms with E-state index in [1.54, 1.807) is 6.07 Å². The minimum Gasteiger partial charge on any atom is -0.369 e. The van der Waals surface area contributed by atoms with Gasteiger partial charge in [-0.2, -0.15) is 0 Å². The third-order valence-electron chi connectivity index (χ3n) is 4.73. The molecule has 112 valence electrons. The molecule has 2 rings (SSSR count). The average molecular weight is 278 g/mol. The summed E-state index contributed by atoms with van der Waals surface area (Å²) in [6.45, 7) is 6.52. The number of hydrogen-bond acceptors (Lipinski definition) is 2.